The van der Waals surface area contributed by atoms with Gasteiger partial charge in [0, 0.05) is 30.2 Å². The number of nitrogens with one attached hydrogen (secondary N) is 1. The van der Waals surface area contributed by atoms with Crippen LogP contribution in [0, 0.1) is 0 Å². The second kappa shape index (κ2) is 8.06. The van der Waals surface area contributed by atoms with E-state index in [0.29, 0.717) is 36.9 Å². The smallest absolute Gasteiger partial charge is 0.316 e. The summed E-state index contributed by atoms with van der Waals surface area (Å²) >= 11 is 6.73. The molecule has 0 radical (unpaired) electrons. The molecule has 3 aromatic rings. The van der Waals surface area contributed by atoms with Gasteiger partial charge in [0.25, 0.3) is 10.0 Å². The fraction of sp³-hybridized carbons (Fsp3) is 0.250. The second-order valence-corrected chi connectivity index (χ2v) is 9.21. The van der Waals surface area contributed by atoms with Gasteiger partial charge in [-0.2, -0.15) is 4.98 Å². The first-order chi connectivity index (χ1) is 13.9. The Balaban J connectivity index is 1.51. The molecular weight excluding hydrogens is 442 g/mol. The molecule has 1 aliphatic rings. The van der Waals surface area contributed by atoms with Gasteiger partial charge in [0.1, 0.15) is 10.0 Å². The van der Waals surface area contributed by atoms with Gasteiger partial charge in [-0.15, -0.1) is 11.3 Å². The Bertz CT molecular complexity index is 1120. The molecule has 0 spiro atoms. The van der Waals surface area contributed by atoms with Crippen molar-refractivity contribution in [3.8, 4) is 11.4 Å². The molecule has 1 N–H and O–H groups in total. The van der Waals surface area contributed by atoms with Crippen molar-refractivity contribution in [2.75, 3.05) is 31.0 Å². The molecule has 3 aromatic heterocycles. The van der Waals surface area contributed by atoms with Crippen LogP contribution in [0.4, 0.5) is 5.82 Å². The number of nitrogens with zero attached hydrogens (tertiary/aromatic N) is 4. The molecule has 0 aliphatic carbocycles. The van der Waals surface area contributed by atoms with Gasteiger partial charge in [-0.3, -0.25) is 9.52 Å². The van der Waals surface area contributed by atoms with E-state index < -0.39 is 10.0 Å². The highest BCUT2D eigenvalue weighted by atomic mass is 35.5. The Hall–Kier alpha value is -2.54. The number of morpholine rings is 1. The lowest BCUT2D eigenvalue weighted by molar-refractivity contribution is 0.0272. The SMILES string of the molecule is O=C(c1nc(-c2csc(S(=O)(=O)Nc3ccc(Cl)cn3)c2)no1)N1CCOCC1. The van der Waals surface area contributed by atoms with Crippen LogP contribution in [0.1, 0.15) is 10.7 Å². The maximum Gasteiger partial charge on any atom is 0.316 e. The van der Waals surface area contributed by atoms with E-state index in [4.69, 9.17) is 20.9 Å². The zero-order valence-corrected chi connectivity index (χ0v) is 17.1. The first-order valence-corrected chi connectivity index (χ1v) is 11.1. The van der Waals surface area contributed by atoms with Gasteiger partial charge in [-0.1, -0.05) is 16.8 Å². The van der Waals surface area contributed by atoms with Crippen molar-refractivity contribution in [1.82, 2.24) is 20.0 Å². The van der Waals surface area contributed by atoms with Crippen LogP contribution in [-0.2, 0) is 14.8 Å². The van der Waals surface area contributed by atoms with Crippen LogP contribution < -0.4 is 4.72 Å². The number of sulfonamides is 1. The number of anilines is 1. The summed E-state index contributed by atoms with van der Waals surface area (Å²) in [6, 6.07) is 4.38. The van der Waals surface area contributed by atoms with Gasteiger partial charge < -0.3 is 14.2 Å². The number of rotatable bonds is 5. The second-order valence-electron chi connectivity index (χ2n) is 5.95. The first-order valence-electron chi connectivity index (χ1n) is 8.36. The number of amides is 1. The molecule has 1 fully saturated rings. The zero-order chi connectivity index (χ0) is 20.4. The largest absolute Gasteiger partial charge is 0.378 e. The summed E-state index contributed by atoms with van der Waals surface area (Å²) in [6.45, 7) is 1.80. The quantitative estimate of drug-likeness (QED) is 0.619. The van der Waals surface area contributed by atoms with Gasteiger partial charge in [0.05, 0.1) is 18.2 Å². The molecule has 1 amide bonds. The number of thiophene rings is 1. The van der Waals surface area contributed by atoms with Crippen molar-refractivity contribution >= 4 is 44.7 Å². The van der Waals surface area contributed by atoms with Crippen LogP contribution in [0.15, 0.2) is 38.5 Å². The number of pyridine rings is 1. The Morgan fingerprint density at radius 3 is 2.79 bits per heavy atom. The number of ether oxygens (including phenoxy) is 1. The van der Waals surface area contributed by atoms with Crippen LogP contribution >= 0.6 is 22.9 Å². The molecule has 152 valence electrons. The van der Waals surface area contributed by atoms with Crippen LogP contribution in [0.2, 0.25) is 5.02 Å². The minimum atomic E-state index is -3.85. The first kappa shape index (κ1) is 19.8. The third-order valence-corrected chi connectivity index (χ3v) is 6.99. The Kier molecular flexibility index (Phi) is 5.50. The fourth-order valence-electron chi connectivity index (χ4n) is 2.53. The molecule has 4 heterocycles. The highest BCUT2D eigenvalue weighted by Gasteiger charge is 2.25. The number of halogens is 1. The summed E-state index contributed by atoms with van der Waals surface area (Å²) in [6.07, 6.45) is 1.34. The van der Waals surface area contributed by atoms with E-state index in [-0.39, 0.29) is 27.6 Å². The van der Waals surface area contributed by atoms with Crippen LogP contribution in [-0.4, -0.2) is 60.7 Å². The van der Waals surface area contributed by atoms with Crippen molar-refractivity contribution in [1.29, 1.82) is 0 Å². The van der Waals surface area contributed by atoms with Crippen molar-refractivity contribution in [2.45, 2.75) is 4.21 Å². The van der Waals surface area contributed by atoms with E-state index >= 15 is 0 Å². The summed E-state index contributed by atoms with van der Waals surface area (Å²) in [5.41, 5.74) is 0.421. The zero-order valence-electron chi connectivity index (χ0n) is 14.7. The number of aromatic nitrogens is 3. The third-order valence-electron chi connectivity index (χ3n) is 3.97. The maximum absolute atomic E-state index is 12.5. The third kappa shape index (κ3) is 4.40. The van der Waals surface area contributed by atoms with Gasteiger partial charge >= 0.3 is 11.8 Å². The highest BCUT2D eigenvalue weighted by molar-refractivity contribution is 7.94. The molecule has 0 aromatic carbocycles. The van der Waals surface area contributed by atoms with E-state index in [0.717, 1.165) is 11.3 Å². The lowest BCUT2D eigenvalue weighted by atomic mass is 10.3. The fourth-order valence-corrected chi connectivity index (χ4v) is 4.81. The molecule has 4 rings (SSSR count). The minimum absolute atomic E-state index is 0.0371. The molecule has 1 saturated heterocycles. The summed E-state index contributed by atoms with van der Waals surface area (Å²) in [4.78, 5) is 22.0. The number of hydrogen-bond donors (Lipinski definition) is 1. The molecule has 1 aliphatic heterocycles. The van der Waals surface area contributed by atoms with Gasteiger partial charge in [-0.25, -0.2) is 13.4 Å². The Morgan fingerprint density at radius 2 is 2.07 bits per heavy atom. The van der Waals surface area contributed by atoms with Crippen LogP contribution in [0.3, 0.4) is 0 Å². The molecule has 0 bridgehead atoms. The van der Waals surface area contributed by atoms with E-state index in [1.807, 2.05) is 0 Å². The van der Waals surface area contributed by atoms with Gasteiger partial charge in [0.15, 0.2) is 0 Å². The van der Waals surface area contributed by atoms with Crippen molar-refractivity contribution < 1.29 is 22.5 Å². The number of carbonyl (C=O) groups is 1. The average molecular weight is 456 g/mol. The number of hydrogen-bond acceptors (Lipinski definition) is 9. The lowest BCUT2D eigenvalue weighted by Gasteiger charge is -2.25. The molecule has 29 heavy (non-hydrogen) atoms. The van der Waals surface area contributed by atoms with E-state index in [1.165, 1.54) is 24.4 Å². The average Bonchev–Trinajstić information content (AvgIpc) is 3.40. The maximum atomic E-state index is 12.5. The Morgan fingerprint density at radius 1 is 1.28 bits per heavy atom. The van der Waals surface area contributed by atoms with Crippen molar-refractivity contribution in [2.24, 2.45) is 0 Å². The standard InChI is InChI=1S/C16H14ClN5O5S2/c17-11-1-2-12(18-8-11)21-29(24,25)13-7-10(9-28-13)14-19-15(27-20-14)16(23)22-3-5-26-6-4-22/h1-2,7-9H,3-6H2,(H,18,21). The molecule has 0 atom stereocenters. The number of carbonyl (C=O) groups excluding carboxylic acids is 1. The van der Waals surface area contributed by atoms with Crippen LogP contribution in [0.25, 0.3) is 11.4 Å². The summed E-state index contributed by atoms with van der Waals surface area (Å²) in [7, 11) is -3.85. The summed E-state index contributed by atoms with van der Waals surface area (Å²) in [5, 5.41) is 5.75. The van der Waals surface area contributed by atoms with Gasteiger partial charge in [0.2, 0.25) is 5.82 Å². The van der Waals surface area contributed by atoms with Crippen molar-refractivity contribution in [3.63, 3.8) is 0 Å². The molecule has 0 saturated carbocycles. The lowest BCUT2D eigenvalue weighted by Crippen LogP contribution is -2.40. The van der Waals surface area contributed by atoms with Gasteiger partial charge in [-0.05, 0) is 18.2 Å². The summed E-state index contributed by atoms with van der Waals surface area (Å²) in [5.74, 6) is -0.266. The predicted octanol–water partition coefficient (Wildman–Crippen LogP) is 2.12. The van der Waals surface area contributed by atoms with E-state index in [9.17, 15) is 13.2 Å². The molecule has 0 unspecified atom stereocenters. The topological polar surface area (TPSA) is 128 Å². The van der Waals surface area contributed by atoms with E-state index in [1.54, 1.807) is 10.3 Å². The predicted molar refractivity (Wildman–Crippen MR) is 104 cm³/mol. The molecular formula is C16H14ClN5O5S2. The molecule has 10 nitrogen and oxygen atoms in total. The van der Waals surface area contributed by atoms with E-state index in [2.05, 4.69) is 19.8 Å². The normalized spacial score (nSPS) is 14.7. The Labute approximate surface area is 174 Å². The van der Waals surface area contributed by atoms with Crippen LogP contribution in [0.5, 0.6) is 0 Å². The minimum Gasteiger partial charge on any atom is -0.378 e. The monoisotopic (exact) mass is 455 g/mol. The highest BCUT2D eigenvalue weighted by Crippen LogP contribution is 2.28. The van der Waals surface area contributed by atoms with Crippen molar-refractivity contribution in [3.05, 3.63) is 40.7 Å². The summed E-state index contributed by atoms with van der Waals surface area (Å²) < 4.78 is 37.8. The molecule has 13 heteroatoms.